The number of nitrogen functional groups attached to an aromatic ring is 1. The lowest BCUT2D eigenvalue weighted by atomic mass is 10.8. The molecule has 11 heteroatoms. The lowest BCUT2D eigenvalue weighted by molar-refractivity contribution is -0.739. The topological polar surface area (TPSA) is 157 Å². The summed E-state index contributed by atoms with van der Waals surface area (Å²) in [7, 11) is 1.74. The summed E-state index contributed by atoms with van der Waals surface area (Å²) in [5, 5.41) is 19.0. The first-order valence-electron chi connectivity index (χ1n) is 3.54. The van der Waals surface area contributed by atoms with Crippen molar-refractivity contribution in [2.75, 3.05) is 5.73 Å². The van der Waals surface area contributed by atoms with E-state index in [0.29, 0.717) is 5.88 Å². The van der Waals surface area contributed by atoms with Crippen LogP contribution in [-0.2, 0) is 7.05 Å². The second-order valence-corrected chi connectivity index (χ2v) is 2.15. The standard InChI is InChI=1S/C3H6N3O.CN7/c1-6-2-3(4)7-5-6;2-6-3-1-4-7-8-5-1/h2H,4H2,1H3;/q+1;-1. The van der Waals surface area contributed by atoms with Crippen molar-refractivity contribution >= 4 is 11.8 Å². The third-order valence-corrected chi connectivity index (χ3v) is 1.03. The third kappa shape index (κ3) is 3.69. The van der Waals surface area contributed by atoms with Crippen molar-refractivity contribution in [3.8, 4) is 0 Å². The Kier molecular flexibility index (Phi) is 3.56. The number of tetrazole rings is 1. The van der Waals surface area contributed by atoms with E-state index in [9.17, 15) is 0 Å². The molecule has 78 valence electrons. The number of rotatable bonds is 1. The number of aryl methyl sites for hydroxylation is 1. The molecule has 0 bridgehead atoms. The summed E-state index contributed by atoms with van der Waals surface area (Å²) in [5.74, 6) is 0.287. The van der Waals surface area contributed by atoms with Crippen LogP contribution in [0.4, 0.5) is 11.8 Å². The summed E-state index contributed by atoms with van der Waals surface area (Å²) < 4.78 is 5.95. The minimum absolute atomic E-state index is 0.0486. The number of nitrogens with zero attached hydrogens (tertiary/aromatic N) is 9. The van der Waals surface area contributed by atoms with Gasteiger partial charge in [-0.15, -0.1) is 5.21 Å². The van der Waals surface area contributed by atoms with E-state index in [-0.39, 0.29) is 5.95 Å². The van der Waals surface area contributed by atoms with Gasteiger partial charge in [-0.05, 0) is 0 Å². The zero-order chi connectivity index (χ0) is 11.1. The Morgan fingerprint density at radius 3 is 2.87 bits per heavy atom. The van der Waals surface area contributed by atoms with Crippen LogP contribution in [0.15, 0.2) is 15.8 Å². The van der Waals surface area contributed by atoms with Crippen molar-refractivity contribution in [3.63, 3.8) is 0 Å². The fourth-order valence-electron chi connectivity index (χ4n) is 0.563. The van der Waals surface area contributed by atoms with Gasteiger partial charge in [0, 0.05) is 5.53 Å². The number of anilines is 1. The maximum atomic E-state index is 7.76. The van der Waals surface area contributed by atoms with Gasteiger partial charge in [0.25, 0.3) is 12.1 Å². The van der Waals surface area contributed by atoms with E-state index in [4.69, 9.17) is 11.3 Å². The molecule has 0 aromatic carbocycles. The largest absolute Gasteiger partial charge is 0.362 e. The molecule has 0 aliphatic carbocycles. The first kappa shape index (κ1) is 10.4. The van der Waals surface area contributed by atoms with Crippen molar-refractivity contribution in [2.45, 2.75) is 0 Å². The fourth-order valence-corrected chi connectivity index (χ4v) is 0.563. The van der Waals surface area contributed by atoms with Crippen LogP contribution >= 0.6 is 0 Å². The molecule has 2 heterocycles. The van der Waals surface area contributed by atoms with E-state index in [0.717, 1.165) is 0 Å². The molecule has 15 heavy (non-hydrogen) atoms. The normalized spacial score (nSPS) is 8.60. The molecule has 0 radical (unpaired) electrons. The highest BCUT2D eigenvalue weighted by Crippen LogP contribution is 1.92. The maximum absolute atomic E-state index is 7.76. The van der Waals surface area contributed by atoms with Gasteiger partial charge in [-0.1, -0.05) is 4.68 Å². The SMILES string of the molecule is C[n+]1cc(N)on1.[N-]=[N+]=Nc1nnn[n-]1. The number of aromatic nitrogens is 6. The van der Waals surface area contributed by atoms with Crippen LogP contribution in [0.1, 0.15) is 0 Å². The molecule has 11 nitrogen and oxygen atoms in total. The lowest BCUT2D eigenvalue weighted by Gasteiger charge is -1.68. The fraction of sp³-hybridized carbons (Fsp3) is 0.250. The van der Waals surface area contributed by atoms with Gasteiger partial charge in [0.05, 0.1) is 10.0 Å². The summed E-state index contributed by atoms with van der Waals surface area (Å²) >= 11 is 0. The molecule has 0 aliphatic rings. The van der Waals surface area contributed by atoms with Crippen LogP contribution in [0.5, 0.6) is 0 Å². The molecule has 2 aromatic heterocycles. The average molecular weight is 210 g/mol. The highest BCUT2D eigenvalue weighted by molar-refractivity contribution is 5.11. The molecular weight excluding hydrogens is 204 g/mol. The Bertz CT molecular complexity index is 421. The summed E-state index contributed by atoms with van der Waals surface area (Å²) in [6.45, 7) is 0. The van der Waals surface area contributed by atoms with Gasteiger partial charge >= 0.3 is 0 Å². The Hall–Kier alpha value is -2.68. The lowest BCUT2D eigenvalue weighted by Crippen LogP contribution is -2.27. The van der Waals surface area contributed by atoms with Gasteiger partial charge in [0.1, 0.15) is 0 Å². The number of hydrogen-bond acceptors (Lipinski definition) is 7. The van der Waals surface area contributed by atoms with Crippen molar-refractivity contribution in [1.29, 1.82) is 0 Å². The molecule has 2 N–H and O–H groups in total. The molecule has 0 spiro atoms. The van der Waals surface area contributed by atoms with Crippen molar-refractivity contribution in [2.24, 2.45) is 12.2 Å². The zero-order valence-electron chi connectivity index (χ0n) is 7.59. The summed E-state index contributed by atoms with van der Waals surface area (Å²) in [6.07, 6.45) is 1.58. The van der Waals surface area contributed by atoms with Gasteiger partial charge in [-0.25, -0.2) is 5.10 Å². The average Bonchev–Trinajstić information content (AvgIpc) is 2.80. The van der Waals surface area contributed by atoms with Crippen LogP contribution in [0.25, 0.3) is 10.4 Å². The highest BCUT2D eigenvalue weighted by Gasteiger charge is 1.97. The van der Waals surface area contributed by atoms with Gasteiger partial charge in [0.2, 0.25) is 0 Å². The van der Waals surface area contributed by atoms with E-state index < -0.39 is 0 Å². The molecular formula is C4H6N10O. The van der Waals surface area contributed by atoms with E-state index in [1.54, 1.807) is 13.2 Å². The van der Waals surface area contributed by atoms with Crippen molar-refractivity contribution in [1.82, 2.24) is 25.9 Å². The van der Waals surface area contributed by atoms with Crippen molar-refractivity contribution < 1.29 is 9.20 Å². The quantitative estimate of drug-likeness (QED) is 0.269. The van der Waals surface area contributed by atoms with E-state index in [1.807, 2.05) is 0 Å². The van der Waals surface area contributed by atoms with Crippen LogP contribution in [-0.4, -0.2) is 20.8 Å². The monoisotopic (exact) mass is 210 g/mol. The second-order valence-electron chi connectivity index (χ2n) is 2.15. The van der Waals surface area contributed by atoms with Gasteiger partial charge in [-0.3, -0.25) is 9.62 Å². The third-order valence-electron chi connectivity index (χ3n) is 1.03. The predicted octanol–water partition coefficient (Wildman–Crippen LogP) is -1.15. The van der Waals surface area contributed by atoms with Crippen LogP contribution in [0, 0.1) is 0 Å². The molecule has 0 atom stereocenters. The number of azide groups is 1. The first-order valence-corrected chi connectivity index (χ1v) is 3.54. The smallest absolute Gasteiger partial charge is 0.293 e. The predicted molar refractivity (Wildman–Crippen MR) is 44.0 cm³/mol. The minimum atomic E-state index is -0.0486. The van der Waals surface area contributed by atoms with E-state index >= 15 is 0 Å². The summed E-state index contributed by atoms with van der Waals surface area (Å²) in [6, 6.07) is 0. The molecule has 2 aromatic rings. The Balaban J connectivity index is 0.000000151. The minimum Gasteiger partial charge on any atom is -0.362 e. The Labute approximate surface area is 82.5 Å². The number of nitrogens with two attached hydrogens (primary N) is 1. The van der Waals surface area contributed by atoms with Crippen LogP contribution in [0.3, 0.4) is 0 Å². The first-order chi connectivity index (χ1) is 7.22. The van der Waals surface area contributed by atoms with Crippen LogP contribution < -0.4 is 15.5 Å². The second kappa shape index (κ2) is 5.14. The van der Waals surface area contributed by atoms with Gasteiger partial charge in [-0.2, -0.15) is 5.21 Å². The van der Waals surface area contributed by atoms with Gasteiger partial charge < -0.3 is 5.73 Å². The van der Waals surface area contributed by atoms with Crippen molar-refractivity contribution in [3.05, 3.63) is 16.6 Å². The highest BCUT2D eigenvalue weighted by atomic mass is 16.5. The molecule has 2 rings (SSSR count). The molecule has 0 saturated heterocycles. The Morgan fingerprint density at radius 2 is 2.53 bits per heavy atom. The summed E-state index contributed by atoms with van der Waals surface area (Å²) in [5.41, 5.74) is 12.9. The molecule has 0 saturated carbocycles. The zero-order valence-corrected chi connectivity index (χ0v) is 7.59. The summed E-state index contributed by atoms with van der Waals surface area (Å²) in [4.78, 5) is 2.40. The van der Waals surface area contributed by atoms with Crippen LogP contribution in [0.2, 0.25) is 0 Å². The van der Waals surface area contributed by atoms with E-state index in [2.05, 4.69) is 40.4 Å². The number of hydrogen-bond donors (Lipinski definition) is 1. The molecule has 0 amide bonds. The van der Waals surface area contributed by atoms with Gasteiger partial charge in [0.15, 0.2) is 18.3 Å². The Morgan fingerprint density at radius 1 is 1.73 bits per heavy atom. The maximum Gasteiger partial charge on any atom is 0.293 e. The molecule has 0 unspecified atom stereocenters. The molecule has 0 fully saturated rings. The van der Waals surface area contributed by atoms with E-state index in [1.165, 1.54) is 4.68 Å². The molecule has 0 aliphatic heterocycles.